The summed E-state index contributed by atoms with van der Waals surface area (Å²) in [6.45, 7) is 13.7. The van der Waals surface area contributed by atoms with Gasteiger partial charge in [-0.3, -0.25) is 0 Å². The molecule has 1 fully saturated rings. The molecule has 0 aromatic rings. The first-order valence-corrected chi connectivity index (χ1v) is 6.92. The molecule has 0 radical (unpaired) electrons. The molecule has 17 heavy (non-hydrogen) atoms. The predicted molar refractivity (Wildman–Crippen MR) is 72.9 cm³/mol. The van der Waals surface area contributed by atoms with Gasteiger partial charge in [0.2, 0.25) is 0 Å². The maximum Gasteiger partial charge on any atom is 1.00 e. The normalized spacial score (nSPS) is 20.8. The van der Waals surface area contributed by atoms with Gasteiger partial charge in [0, 0.05) is 0 Å². The van der Waals surface area contributed by atoms with Gasteiger partial charge in [0.05, 0.1) is 0 Å². The fourth-order valence-corrected chi connectivity index (χ4v) is 2.87. The van der Waals surface area contributed by atoms with Gasteiger partial charge >= 0.3 is 18.9 Å². The van der Waals surface area contributed by atoms with Gasteiger partial charge in [-0.2, -0.15) is 0 Å². The summed E-state index contributed by atoms with van der Waals surface area (Å²) in [6, 6.07) is 0.535. The Morgan fingerprint density at radius 1 is 0.882 bits per heavy atom. The van der Waals surface area contributed by atoms with E-state index in [0.717, 1.165) is 5.92 Å². The van der Waals surface area contributed by atoms with Crippen molar-refractivity contribution in [2.75, 3.05) is 0 Å². The summed E-state index contributed by atoms with van der Waals surface area (Å²) in [4.78, 5) is 0. The number of rotatable bonds is 2. The molecule has 0 spiro atoms. The first kappa shape index (κ1) is 17.6. The molecule has 0 aromatic heterocycles. The Kier molecular flexibility index (Phi) is 6.86. The summed E-state index contributed by atoms with van der Waals surface area (Å²) in [7, 11) is 0. The van der Waals surface area contributed by atoms with E-state index >= 15 is 0 Å². The maximum atomic E-state index is 5.10. The molecule has 96 valence electrons. The molecule has 0 saturated heterocycles. The van der Waals surface area contributed by atoms with Crippen LogP contribution in [0.3, 0.4) is 0 Å². The van der Waals surface area contributed by atoms with E-state index in [1.165, 1.54) is 32.1 Å². The van der Waals surface area contributed by atoms with Crippen LogP contribution in [-0.4, -0.2) is 11.6 Å². The topological polar surface area (TPSA) is 14.1 Å². The average molecular weight is 231 g/mol. The van der Waals surface area contributed by atoms with E-state index in [2.05, 4.69) is 41.5 Å². The third kappa shape index (κ3) is 6.32. The van der Waals surface area contributed by atoms with E-state index in [1.807, 2.05) is 0 Å². The van der Waals surface area contributed by atoms with Gasteiger partial charge in [0.1, 0.15) is 0 Å². The second-order valence-corrected chi connectivity index (χ2v) is 7.51. The maximum absolute atomic E-state index is 5.10. The van der Waals surface area contributed by atoms with E-state index in [0.29, 0.717) is 11.5 Å². The summed E-state index contributed by atoms with van der Waals surface area (Å²) < 4.78 is 0. The van der Waals surface area contributed by atoms with Gasteiger partial charge in [-0.25, -0.2) is 0 Å². The fourth-order valence-electron chi connectivity index (χ4n) is 2.87. The Balaban J connectivity index is 0.00000256. The monoisotopic (exact) mass is 231 g/mol. The molecule has 0 N–H and O–H groups in total. The minimum Gasteiger partial charge on any atom is -0.654 e. The zero-order valence-electron chi connectivity index (χ0n) is 13.1. The van der Waals surface area contributed by atoms with Gasteiger partial charge in [-0.1, -0.05) is 85.0 Å². The van der Waals surface area contributed by atoms with Crippen molar-refractivity contribution in [2.24, 2.45) is 11.3 Å². The van der Waals surface area contributed by atoms with E-state index in [9.17, 15) is 0 Å². The molecule has 0 aromatic carbocycles. The molecule has 1 saturated carbocycles. The standard InChI is InChI=1S/C15H30N.Li/c1-14(2,3)13(16-15(4,5)6)12-10-8-7-9-11-12;/h12-13H,7-11H2,1-6H3;/q-1;+1. The Labute approximate surface area is 121 Å². The molecule has 1 atom stereocenters. The molecule has 0 amide bonds. The van der Waals surface area contributed by atoms with Crippen LogP contribution in [0.15, 0.2) is 0 Å². The molecule has 1 nitrogen and oxygen atoms in total. The number of nitrogens with zero attached hydrogens (tertiary/aromatic N) is 1. The number of hydrogen-bond acceptors (Lipinski definition) is 0. The zero-order chi connectivity index (χ0) is 12.4. The Morgan fingerprint density at radius 2 is 1.35 bits per heavy atom. The molecule has 1 aliphatic rings. The minimum absolute atomic E-state index is 0. The van der Waals surface area contributed by atoms with Crippen LogP contribution in [-0.2, 0) is 0 Å². The first-order chi connectivity index (χ1) is 7.20. The van der Waals surface area contributed by atoms with Crippen molar-refractivity contribution in [3.63, 3.8) is 0 Å². The predicted octanol–water partition coefficient (Wildman–Crippen LogP) is 2.16. The van der Waals surface area contributed by atoms with E-state index < -0.39 is 0 Å². The zero-order valence-corrected chi connectivity index (χ0v) is 13.1. The molecule has 1 unspecified atom stereocenters. The van der Waals surface area contributed by atoms with Crippen molar-refractivity contribution < 1.29 is 18.9 Å². The van der Waals surface area contributed by atoms with E-state index in [-0.39, 0.29) is 24.4 Å². The van der Waals surface area contributed by atoms with Crippen LogP contribution in [0.2, 0.25) is 0 Å². The number of hydrogen-bond donors (Lipinski definition) is 0. The molecule has 2 heteroatoms. The van der Waals surface area contributed by atoms with Gasteiger partial charge < -0.3 is 5.32 Å². The van der Waals surface area contributed by atoms with Crippen molar-refractivity contribution in [3.05, 3.63) is 5.32 Å². The SMILES string of the molecule is CC(C)(C)[N-]C(C1CCCCC1)C(C)(C)C.[Li+]. The van der Waals surface area contributed by atoms with Crippen molar-refractivity contribution in [1.29, 1.82) is 0 Å². The fraction of sp³-hybridized carbons (Fsp3) is 1.00. The van der Waals surface area contributed by atoms with E-state index in [4.69, 9.17) is 5.32 Å². The molecular formula is C15H30LiN. The van der Waals surface area contributed by atoms with Crippen LogP contribution < -0.4 is 18.9 Å². The van der Waals surface area contributed by atoms with Crippen LogP contribution in [0.1, 0.15) is 73.6 Å². The van der Waals surface area contributed by atoms with Crippen LogP contribution in [0.4, 0.5) is 0 Å². The Morgan fingerprint density at radius 3 is 1.71 bits per heavy atom. The second kappa shape index (κ2) is 6.65. The van der Waals surface area contributed by atoms with Crippen LogP contribution >= 0.6 is 0 Å². The van der Waals surface area contributed by atoms with Gasteiger partial charge in [0.25, 0.3) is 0 Å². The van der Waals surface area contributed by atoms with Crippen LogP contribution in [0.5, 0.6) is 0 Å². The van der Waals surface area contributed by atoms with Crippen molar-refractivity contribution in [2.45, 2.75) is 85.2 Å². The summed E-state index contributed by atoms with van der Waals surface area (Å²) in [6.07, 6.45) is 7.04. The smallest absolute Gasteiger partial charge is 0.654 e. The minimum atomic E-state index is 0. The van der Waals surface area contributed by atoms with Crippen molar-refractivity contribution >= 4 is 0 Å². The Bertz CT molecular complexity index is 206. The van der Waals surface area contributed by atoms with Crippen molar-refractivity contribution in [1.82, 2.24) is 0 Å². The summed E-state index contributed by atoms with van der Waals surface area (Å²) in [5.41, 5.74) is 0.421. The van der Waals surface area contributed by atoms with Gasteiger partial charge in [-0.05, 0) is 0 Å². The molecule has 1 aliphatic carbocycles. The largest absolute Gasteiger partial charge is 1.00 e. The van der Waals surface area contributed by atoms with Crippen LogP contribution in [0, 0.1) is 11.3 Å². The third-order valence-corrected chi connectivity index (χ3v) is 3.51. The third-order valence-electron chi connectivity index (χ3n) is 3.51. The van der Waals surface area contributed by atoms with E-state index in [1.54, 1.807) is 0 Å². The average Bonchev–Trinajstić information content (AvgIpc) is 2.13. The van der Waals surface area contributed by atoms with Gasteiger partial charge in [0.15, 0.2) is 0 Å². The van der Waals surface area contributed by atoms with Crippen molar-refractivity contribution in [3.8, 4) is 0 Å². The molecular weight excluding hydrogens is 201 g/mol. The van der Waals surface area contributed by atoms with Crippen LogP contribution in [0.25, 0.3) is 5.32 Å². The molecule has 0 bridgehead atoms. The molecule has 1 rings (SSSR count). The quantitative estimate of drug-likeness (QED) is 0.647. The van der Waals surface area contributed by atoms with Gasteiger partial charge in [-0.15, -0.1) is 11.6 Å². The molecule has 0 aliphatic heterocycles. The summed E-state index contributed by atoms with van der Waals surface area (Å²) >= 11 is 0. The summed E-state index contributed by atoms with van der Waals surface area (Å²) in [5, 5.41) is 5.10. The first-order valence-electron chi connectivity index (χ1n) is 6.92. The second-order valence-electron chi connectivity index (χ2n) is 7.51. The molecule has 0 heterocycles. The summed E-state index contributed by atoms with van der Waals surface area (Å²) in [5.74, 6) is 0.827. The Hall–Kier alpha value is 0.557.